The molecule has 1 aromatic rings. The first-order valence-electron chi connectivity index (χ1n) is 4.89. The number of rotatable bonds is 1. The van der Waals surface area contributed by atoms with Crippen molar-refractivity contribution >= 4 is 59.5 Å². The summed E-state index contributed by atoms with van der Waals surface area (Å²) in [7, 11) is -3.75. The van der Waals surface area contributed by atoms with Crippen molar-refractivity contribution in [2.75, 3.05) is 4.72 Å². The van der Waals surface area contributed by atoms with Crippen molar-refractivity contribution in [1.82, 2.24) is 4.31 Å². The number of nitrogens with one attached hydrogen (secondary N) is 1. The van der Waals surface area contributed by atoms with Gasteiger partial charge in [-0.25, -0.2) is 4.31 Å². The topological polar surface area (TPSA) is 66.5 Å². The molecule has 5 nitrogen and oxygen atoms in total. The maximum Gasteiger partial charge on any atom is 2.00 e. The molecule has 0 fully saturated rings. The van der Waals surface area contributed by atoms with Crippen LogP contribution in [0.25, 0.3) is 0 Å². The minimum atomic E-state index is -3.75. The van der Waals surface area contributed by atoms with Gasteiger partial charge in [-0.05, 0) is 26.0 Å². The summed E-state index contributed by atoms with van der Waals surface area (Å²) in [6.07, 6.45) is 0. The Morgan fingerprint density at radius 1 is 1.24 bits per heavy atom. The van der Waals surface area contributed by atoms with Gasteiger partial charge in [0.15, 0.2) is 0 Å². The van der Waals surface area contributed by atoms with Crippen LogP contribution in [0.1, 0.15) is 24.2 Å². The van der Waals surface area contributed by atoms with E-state index in [1.54, 1.807) is 38.1 Å². The van der Waals surface area contributed by atoms with Crippen molar-refractivity contribution in [3.8, 4) is 0 Å². The van der Waals surface area contributed by atoms with E-state index in [9.17, 15) is 13.2 Å². The third kappa shape index (κ3) is 2.59. The predicted molar refractivity (Wildman–Crippen MR) is 66.0 cm³/mol. The van der Waals surface area contributed by atoms with Crippen molar-refractivity contribution in [1.29, 1.82) is 0 Å². The number of para-hydroxylation sites is 1. The summed E-state index contributed by atoms with van der Waals surface area (Å²) in [5, 5.41) is 0. The number of hydrogen-bond acceptors (Lipinski definition) is 3. The molecule has 1 aliphatic rings. The number of nitrogens with zero attached hydrogens (tertiary/aromatic N) is 1. The number of amides is 1. The number of hydrogen-bond donors (Lipinski definition) is 1. The molecule has 86 valence electrons. The van der Waals surface area contributed by atoms with Crippen LogP contribution in [0, 0.1) is 0 Å². The van der Waals surface area contributed by atoms with Crippen molar-refractivity contribution in [3.05, 3.63) is 29.8 Å². The standard InChI is InChI=1S/C10H12N2O3S.Ca/c1-7(2)12-10(13)8-5-3-4-6-9(8)11-16(12,14)15;/h3-7,11H,1-2H3;/q;+2. The largest absolute Gasteiger partial charge is 2.00 e. The summed E-state index contributed by atoms with van der Waals surface area (Å²) >= 11 is 0. The van der Waals surface area contributed by atoms with Gasteiger partial charge in [-0.1, -0.05) is 12.1 Å². The maximum absolute atomic E-state index is 12.0. The van der Waals surface area contributed by atoms with Crippen LogP contribution in [-0.2, 0) is 10.2 Å². The van der Waals surface area contributed by atoms with Gasteiger partial charge in [0.2, 0.25) is 0 Å². The molecular formula is C10H12CaN2O3S+2. The second kappa shape index (κ2) is 5.14. The van der Waals surface area contributed by atoms with Gasteiger partial charge in [0.05, 0.1) is 11.3 Å². The molecule has 0 aliphatic carbocycles. The van der Waals surface area contributed by atoms with Gasteiger partial charge < -0.3 is 0 Å². The molecule has 0 saturated heterocycles. The molecule has 0 unspecified atom stereocenters. The molecule has 1 N–H and O–H groups in total. The van der Waals surface area contributed by atoms with E-state index in [-0.39, 0.29) is 37.7 Å². The van der Waals surface area contributed by atoms with E-state index < -0.39 is 22.2 Å². The Morgan fingerprint density at radius 3 is 2.41 bits per heavy atom. The summed E-state index contributed by atoms with van der Waals surface area (Å²) in [5.41, 5.74) is 0.718. The minimum Gasteiger partial charge on any atom is -0.268 e. The normalized spacial score (nSPS) is 17.1. The van der Waals surface area contributed by atoms with Crippen LogP contribution in [-0.4, -0.2) is 62.4 Å². The van der Waals surface area contributed by atoms with Gasteiger partial charge in [-0.3, -0.25) is 9.52 Å². The average molecular weight is 280 g/mol. The number of fused-ring (bicyclic) bond motifs is 1. The number of benzene rings is 1. The van der Waals surface area contributed by atoms with Gasteiger partial charge >= 0.3 is 47.9 Å². The van der Waals surface area contributed by atoms with E-state index in [0.717, 1.165) is 4.31 Å². The van der Waals surface area contributed by atoms with E-state index in [1.807, 2.05) is 0 Å². The van der Waals surface area contributed by atoms with Crippen LogP contribution in [0.4, 0.5) is 5.69 Å². The smallest absolute Gasteiger partial charge is 0.268 e. The molecule has 0 radical (unpaired) electrons. The Hall–Kier alpha value is -0.300. The van der Waals surface area contributed by atoms with Gasteiger partial charge in [0.25, 0.3) is 5.91 Å². The average Bonchev–Trinajstić information content (AvgIpc) is 2.15. The molecule has 1 aromatic carbocycles. The van der Waals surface area contributed by atoms with E-state index in [2.05, 4.69) is 4.72 Å². The Labute approximate surface area is 130 Å². The van der Waals surface area contributed by atoms with Gasteiger partial charge in [0, 0.05) is 6.04 Å². The summed E-state index contributed by atoms with van der Waals surface area (Å²) in [4.78, 5) is 12.0. The summed E-state index contributed by atoms with van der Waals surface area (Å²) in [5.74, 6) is -0.482. The first kappa shape index (κ1) is 14.8. The monoisotopic (exact) mass is 280 g/mol. The third-order valence-electron chi connectivity index (χ3n) is 2.32. The van der Waals surface area contributed by atoms with E-state index in [4.69, 9.17) is 0 Å². The zero-order chi connectivity index (χ0) is 11.9. The molecule has 17 heavy (non-hydrogen) atoms. The van der Waals surface area contributed by atoms with Gasteiger partial charge in [-0.15, -0.1) is 0 Å². The van der Waals surface area contributed by atoms with E-state index >= 15 is 0 Å². The SMILES string of the molecule is CC(C)N1C(=O)c2ccccc2NS1(=O)=O.[Ca+2]. The molecule has 1 amide bonds. The van der Waals surface area contributed by atoms with Crippen molar-refractivity contribution in [3.63, 3.8) is 0 Å². The molecule has 0 aromatic heterocycles. The zero-order valence-corrected chi connectivity index (χ0v) is 12.7. The zero-order valence-electron chi connectivity index (χ0n) is 9.67. The second-order valence-electron chi connectivity index (χ2n) is 3.85. The van der Waals surface area contributed by atoms with Crippen molar-refractivity contribution < 1.29 is 13.2 Å². The molecule has 7 heteroatoms. The fraction of sp³-hybridized carbons (Fsp3) is 0.300. The summed E-state index contributed by atoms with van der Waals surface area (Å²) in [6.45, 7) is 3.32. The second-order valence-corrected chi connectivity index (χ2v) is 5.40. The van der Waals surface area contributed by atoms with E-state index in [0.29, 0.717) is 11.3 Å². The third-order valence-corrected chi connectivity index (χ3v) is 3.91. The molecule has 0 saturated carbocycles. The first-order chi connectivity index (χ1) is 7.43. The van der Waals surface area contributed by atoms with Gasteiger partial charge in [0.1, 0.15) is 0 Å². The number of carbonyl (C=O) groups is 1. The minimum absolute atomic E-state index is 0. The van der Waals surface area contributed by atoms with Crippen LogP contribution in [0.2, 0.25) is 0 Å². The van der Waals surface area contributed by atoms with Crippen LogP contribution in [0.3, 0.4) is 0 Å². The quantitative estimate of drug-likeness (QED) is 0.775. The molecule has 0 spiro atoms. The summed E-state index contributed by atoms with van der Waals surface area (Å²) < 4.78 is 26.8. The van der Waals surface area contributed by atoms with E-state index in [1.165, 1.54) is 0 Å². The molecule has 1 heterocycles. The molecule has 1 aliphatic heterocycles. The first-order valence-corrected chi connectivity index (χ1v) is 6.33. The molecule has 0 bridgehead atoms. The maximum atomic E-state index is 12.0. The predicted octanol–water partition coefficient (Wildman–Crippen LogP) is 0.827. The van der Waals surface area contributed by atoms with Crippen molar-refractivity contribution in [2.24, 2.45) is 0 Å². The summed E-state index contributed by atoms with van der Waals surface area (Å²) in [6, 6.07) is 6.16. The Balaban J connectivity index is 0.00000144. The number of carbonyl (C=O) groups excluding carboxylic acids is 1. The molecule has 0 atom stereocenters. The van der Waals surface area contributed by atoms with Crippen LogP contribution in [0.5, 0.6) is 0 Å². The molecule has 2 rings (SSSR count). The Morgan fingerprint density at radius 2 is 1.82 bits per heavy atom. The van der Waals surface area contributed by atoms with Crippen molar-refractivity contribution in [2.45, 2.75) is 19.9 Å². The van der Waals surface area contributed by atoms with Crippen LogP contribution >= 0.6 is 0 Å². The molecular weight excluding hydrogens is 268 g/mol. The fourth-order valence-electron chi connectivity index (χ4n) is 1.69. The Bertz CT molecular complexity index is 542. The van der Waals surface area contributed by atoms with Crippen LogP contribution in [0.15, 0.2) is 24.3 Å². The van der Waals surface area contributed by atoms with Gasteiger partial charge in [-0.2, -0.15) is 8.42 Å². The fourth-order valence-corrected chi connectivity index (χ4v) is 3.11. The Kier molecular flexibility index (Phi) is 4.46. The van der Waals surface area contributed by atoms with Crippen LogP contribution < -0.4 is 4.72 Å². The number of anilines is 1.